The van der Waals surface area contributed by atoms with E-state index in [0.717, 1.165) is 11.1 Å². The Morgan fingerprint density at radius 3 is 2.14 bits per heavy atom. The minimum Gasteiger partial charge on any atom is -0.348 e. The predicted molar refractivity (Wildman–Crippen MR) is 132 cm³/mol. The van der Waals surface area contributed by atoms with Crippen LogP contribution in [0, 0.1) is 13.8 Å². The fraction of sp³-hybridized carbons (Fsp3) is 0.192. The van der Waals surface area contributed by atoms with Gasteiger partial charge in [0.1, 0.15) is 5.82 Å². The SMILES string of the molecule is Cc1cc(=O)[nH]c(-n2nc(C)cc2NC(=O)C(=O)NCCC(c2ccccc2)c2ccccc2)n1. The zero-order chi connectivity index (χ0) is 24.8. The first-order chi connectivity index (χ1) is 16.9. The smallest absolute Gasteiger partial charge is 0.314 e. The summed E-state index contributed by atoms with van der Waals surface area (Å²) in [5.74, 6) is -1.15. The highest BCUT2D eigenvalue weighted by Gasteiger charge is 2.19. The lowest BCUT2D eigenvalue weighted by molar-refractivity contribution is -0.136. The fourth-order valence-corrected chi connectivity index (χ4v) is 3.89. The van der Waals surface area contributed by atoms with Crippen LogP contribution in [0.25, 0.3) is 5.95 Å². The van der Waals surface area contributed by atoms with Gasteiger partial charge in [0.2, 0.25) is 5.95 Å². The molecule has 0 spiro atoms. The van der Waals surface area contributed by atoms with Crippen molar-refractivity contribution in [2.75, 3.05) is 11.9 Å². The number of benzene rings is 2. The van der Waals surface area contributed by atoms with Gasteiger partial charge in [0.25, 0.3) is 5.56 Å². The minimum atomic E-state index is -0.836. The molecule has 35 heavy (non-hydrogen) atoms. The van der Waals surface area contributed by atoms with Crippen LogP contribution < -0.4 is 16.2 Å². The molecule has 0 fully saturated rings. The summed E-state index contributed by atoms with van der Waals surface area (Å²) in [4.78, 5) is 43.8. The minimum absolute atomic E-state index is 0.0778. The molecule has 0 unspecified atom stereocenters. The van der Waals surface area contributed by atoms with Gasteiger partial charge in [0.05, 0.1) is 5.69 Å². The largest absolute Gasteiger partial charge is 0.348 e. The van der Waals surface area contributed by atoms with Gasteiger partial charge in [0, 0.05) is 30.3 Å². The highest BCUT2D eigenvalue weighted by molar-refractivity contribution is 6.39. The number of carbonyl (C=O) groups excluding carboxylic acids is 2. The maximum absolute atomic E-state index is 12.6. The van der Waals surface area contributed by atoms with Gasteiger partial charge in [-0.1, -0.05) is 60.7 Å². The van der Waals surface area contributed by atoms with Gasteiger partial charge in [-0.15, -0.1) is 0 Å². The lowest BCUT2D eigenvalue weighted by Gasteiger charge is -2.18. The lowest BCUT2D eigenvalue weighted by atomic mass is 9.88. The van der Waals surface area contributed by atoms with Crippen LogP contribution >= 0.6 is 0 Å². The average molecular weight is 471 g/mol. The monoisotopic (exact) mass is 470 g/mol. The van der Waals surface area contributed by atoms with Gasteiger partial charge >= 0.3 is 11.8 Å². The Balaban J connectivity index is 1.42. The first-order valence-electron chi connectivity index (χ1n) is 11.2. The number of amides is 2. The summed E-state index contributed by atoms with van der Waals surface area (Å²) < 4.78 is 1.29. The molecule has 3 N–H and O–H groups in total. The summed E-state index contributed by atoms with van der Waals surface area (Å²) in [7, 11) is 0. The number of H-pyrrole nitrogens is 1. The number of aromatic nitrogens is 4. The quantitative estimate of drug-likeness (QED) is 0.359. The molecule has 0 aliphatic heterocycles. The summed E-state index contributed by atoms with van der Waals surface area (Å²) in [6.45, 7) is 3.72. The van der Waals surface area contributed by atoms with Crippen LogP contribution in [-0.4, -0.2) is 38.1 Å². The van der Waals surface area contributed by atoms with Gasteiger partial charge < -0.3 is 10.6 Å². The molecule has 4 rings (SSSR count). The highest BCUT2D eigenvalue weighted by atomic mass is 16.2. The second-order valence-electron chi connectivity index (χ2n) is 8.17. The first-order valence-corrected chi connectivity index (χ1v) is 11.2. The van der Waals surface area contributed by atoms with Crippen LogP contribution in [-0.2, 0) is 9.59 Å². The van der Waals surface area contributed by atoms with Gasteiger partial charge in [-0.25, -0.2) is 4.98 Å². The van der Waals surface area contributed by atoms with E-state index in [-0.39, 0.29) is 23.2 Å². The van der Waals surface area contributed by atoms with E-state index in [9.17, 15) is 14.4 Å². The standard InChI is InChI=1S/C26H26N6O3/c1-17-16-23(33)30-26(28-17)32-22(15-18(2)31-32)29-25(35)24(34)27-14-13-21(19-9-5-3-6-10-19)20-11-7-4-8-12-20/h3-12,15-16,21H,13-14H2,1-2H3,(H,27,34)(H,29,35)(H,28,30,33). The number of aromatic amines is 1. The third kappa shape index (κ3) is 5.89. The molecule has 0 saturated carbocycles. The maximum Gasteiger partial charge on any atom is 0.314 e. The van der Waals surface area contributed by atoms with Crippen molar-refractivity contribution in [3.8, 4) is 5.95 Å². The van der Waals surface area contributed by atoms with E-state index in [1.54, 1.807) is 19.9 Å². The van der Waals surface area contributed by atoms with Crippen molar-refractivity contribution in [3.05, 3.63) is 106 Å². The number of hydrogen-bond acceptors (Lipinski definition) is 5. The molecule has 178 valence electrons. The number of rotatable bonds is 7. The summed E-state index contributed by atoms with van der Waals surface area (Å²) in [6.07, 6.45) is 0.624. The van der Waals surface area contributed by atoms with Crippen molar-refractivity contribution in [2.24, 2.45) is 0 Å². The van der Waals surface area contributed by atoms with Crippen LogP contribution in [0.15, 0.2) is 77.6 Å². The summed E-state index contributed by atoms with van der Waals surface area (Å²) >= 11 is 0. The molecule has 0 saturated heterocycles. The Hall–Kier alpha value is -4.53. The normalized spacial score (nSPS) is 10.8. The van der Waals surface area contributed by atoms with Crippen LogP contribution in [0.2, 0.25) is 0 Å². The second-order valence-corrected chi connectivity index (χ2v) is 8.17. The van der Waals surface area contributed by atoms with Crippen molar-refractivity contribution in [1.82, 2.24) is 25.1 Å². The number of carbonyl (C=O) groups is 2. The van der Waals surface area contributed by atoms with Crippen LogP contribution in [0.3, 0.4) is 0 Å². The lowest BCUT2D eigenvalue weighted by Crippen LogP contribution is -2.36. The number of nitrogens with one attached hydrogen (secondary N) is 3. The van der Waals surface area contributed by atoms with Crippen LogP contribution in [0.5, 0.6) is 0 Å². The molecule has 0 atom stereocenters. The first kappa shape index (κ1) is 23.6. The Morgan fingerprint density at radius 1 is 0.914 bits per heavy atom. The third-order valence-electron chi connectivity index (χ3n) is 5.46. The molecule has 2 aromatic heterocycles. The van der Waals surface area contributed by atoms with Gasteiger partial charge in [-0.3, -0.25) is 19.4 Å². The molecular formula is C26H26N6O3. The molecule has 9 heteroatoms. The van der Waals surface area contributed by atoms with Crippen molar-refractivity contribution in [2.45, 2.75) is 26.2 Å². The Bertz CT molecular complexity index is 1340. The Labute approximate surface area is 202 Å². The molecule has 0 bridgehead atoms. The van der Waals surface area contributed by atoms with Crippen molar-refractivity contribution in [1.29, 1.82) is 0 Å². The highest BCUT2D eigenvalue weighted by Crippen LogP contribution is 2.27. The average Bonchev–Trinajstić information content (AvgIpc) is 3.22. The topological polar surface area (TPSA) is 122 Å². The van der Waals surface area contributed by atoms with Crippen molar-refractivity contribution in [3.63, 3.8) is 0 Å². The molecule has 0 aliphatic carbocycles. The predicted octanol–water partition coefficient (Wildman–Crippen LogP) is 2.85. The van der Waals surface area contributed by atoms with E-state index in [1.165, 1.54) is 10.7 Å². The van der Waals surface area contributed by atoms with Crippen molar-refractivity contribution >= 4 is 17.6 Å². The molecule has 2 amide bonds. The van der Waals surface area contributed by atoms with Gasteiger partial charge in [-0.05, 0) is 31.4 Å². The number of nitrogens with zero attached hydrogens (tertiary/aromatic N) is 3. The zero-order valence-electron chi connectivity index (χ0n) is 19.5. The van der Waals surface area contributed by atoms with E-state index in [0.29, 0.717) is 24.4 Å². The number of anilines is 1. The van der Waals surface area contributed by atoms with E-state index >= 15 is 0 Å². The van der Waals surface area contributed by atoms with Crippen LogP contribution in [0.4, 0.5) is 5.82 Å². The molecular weight excluding hydrogens is 444 g/mol. The molecule has 0 aliphatic rings. The zero-order valence-corrected chi connectivity index (χ0v) is 19.5. The summed E-state index contributed by atoms with van der Waals surface area (Å²) in [5.41, 5.74) is 3.01. The van der Waals surface area contributed by atoms with E-state index in [1.807, 2.05) is 36.4 Å². The number of aryl methyl sites for hydroxylation is 2. The molecule has 0 radical (unpaired) electrons. The molecule has 9 nitrogen and oxygen atoms in total. The molecule has 2 heterocycles. The van der Waals surface area contributed by atoms with E-state index in [2.05, 4.69) is 50.0 Å². The van der Waals surface area contributed by atoms with E-state index in [4.69, 9.17) is 0 Å². The Kier molecular flexibility index (Phi) is 7.15. The van der Waals surface area contributed by atoms with Crippen molar-refractivity contribution < 1.29 is 9.59 Å². The fourth-order valence-electron chi connectivity index (χ4n) is 3.89. The van der Waals surface area contributed by atoms with Gasteiger partial charge in [-0.2, -0.15) is 9.78 Å². The summed E-state index contributed by atoms with van der Waals surface area (Å²) in [6, 6.07) is 23.0. The number of hydrogen-bond donors (Lipinski definition) is 3. The molecule has 2 aromatic carbocycles. The second kappa shape index (κ2) is 10.6. The molecule has 4 aromatic rings. The summed E-state index contributed by atoms with van der Waals surface area (Å²) in [5, 5.41) is 9.53. The maximum atomic E-state index is 12.6. The van der Waals surface area contributed by atoms with Crippen LogP contribution in [0.1, 0.15) is 34.9 Å². The third-order valence-corrected chi connectivity index (χ3v) is 5.46. The Morgan fingerprint density at radius 2 is 1.54 bits per heavy atom. The van der Waals surface area contributed by atoms with E-state index < -0.39 is 11.8 Å². The van der Waals surface area contributed by atoms with Gasteiger partial charge in [0.15, 0.2) is 0 Å².